The summed E-state index contributed by atoms with van der Waals surface area (Å²) in [4.78, 5) is 13.7. The molecule has 110 valence electrons. The molecule has 4 nitrogen and oxygen atoms in total. The third-order valence-electron chi connectivity index (χ3n) is 3.37. The highest BCUT2D eigenvalue weighted by molar-refractivity contribution is 5.75. The fourth-order valence-corrected chi connectivity index (χ4v) is 2.08. The minimum Gasteiger partial charge on any atom is -0.395 e. The highest BCUT2D eigenvalue weighted by Gasteiger charge is 2.32. The first kappa shape index (κ1) is 14.7. The average molecular weight is 284 g/mol. The molecule has 0 saturated heterocycles. The number of hydrogen-bond donors (Lipinski definition) is 2. The zero-order chi connectivity index (χ0) is 14.7. The van der Waals surface area contributed by atoms with Crippen LogP contribution in [-0.2, 0) is 0 Å². The van der Waals surface area contributed by atoms with E-state index >= 15 is 0 Å². The zero-order valence-corrected chi connectivity index (χ0v) is 11.3. The quantitative estimate of drug-likeness (QED) is 0.871. The van der Waals surface area contributed by atoms with Gasteiger partial charge in [0, 0.05) is 12.6 Å². The molecular formula is C14H18F2N2O2. The van der Waals surface area contributed by atoms with Gasteiger partial charge in [-0.1, -0.05) is 6.07 Å². The van der Waals surface area contributed by atoms with Gasteiger partial charge in [-0.2, -0.15) is 0 Å². The maximum Gasteiger partial charge on any atom is 0.318 e. The lowest BCUT2D eigenvalue weighted by molar-refractivity contribution is 0.171. The number of halogens is 2. The molecule has 1 aromatic rings. The molecular weight excluding hydrogens is 266 g/mol. The van der Waals surface area contributed by atoms with Crippen LogP contribution in [0.3, 0.4) is 0 Å². The van der Waals surface area contributed by atoms with E-state index in [9.17, 15) is 13.6 Å². The molecule has 1 atom stereocenters. The van der Waals surface area contributed by atoms with Gasteiger partial charge in [0.05, 0.1) is 12.6 Å². The molecule has 6 heteroatoms. The Bertz CT molecular complexity index is 492. The lowest BCUT2D eigenvalue weighted by Gasteiger charge is -2.24. The van der Waals surface area contributed by atoms with Gasteiger partial charge in [0.2, 0.25) is 0 Å². The summed E-state index contributed by atoms with van der Waals surface area (Å²) in [5.41, 5.74) is 0.497. The predicted octanol–water partition coefficient (Wildman–Crippen LogP) is 2.19. The van der Waals surface area contributed by atoms with Crippen molar-refractivity contribution in [2.75, 3.05) is 13.2 Å². The minimum absolute atomic E-state index is 0.0938. The molecule has 0 radical (unpaired) electrons. The number of amides is 2. The first-order chi connectivity index (χ1) is 9.52. The van der Waals surface area contributed by atoms with Gasteiger partial charge in [-0.15, -0.1) is 0 Å². The van der Waals surface area contributed by atoms with Gasteiger partial charge in [0.25, 0.3) is 0 Å². The monoisotopic (exact) mass is 284 g/mol. The summed E-state index contributed by atoms with van der Waals surface area (Å²) in [7, 11) is 0. The number of urea groups is 1. The van der Waals surface area contributed by atoms with Crippen molar-refractivity contribution in [3.8, 4) is 0 Å². The Morgan fingerprint density at radius 1 is 1.45 bits per heavy atom. The second-order valence-corrected chi connectivity index (χ2v) is 4.99. The van der Waals surface area contributed by atoms with Gasteiger partial charge in [-0.05, 0) is 37.5 Å². The highest BCUT2D eigenvalue weighted by Crippen LogP contribution is 2.27. The number of rotatable bonds is 5. The third kappa shape index (κ3) is 3.45. The molecule has 0 heterocycles. The number of nitrogens with zero attached hydrogens (tertiary/aromatic N) is 1. The summed E-state index contributed by atoms with van der Waals surface area (Å²) >= 11 is 0. The van der Waals surface area contributed by atoms with Crippen LogP contribution in [0.15, 0.2) is 18.2 Å². The van der Waals surface area contributed by atoms with E-state index in [2.05, 4.69) is 5.32 Å². The van der Waals surface area contributed by atoms with E-state index in [1.165, 1.54) is 6.07 Å². The van der Waals surface area contributed by atoms with Gasteiger partial charge in [0.15, 0.2) is 11.6 Å². The van der Waals surface area contributed by atoms with Crippen molar-refractivity contribution in [1.82, 2.24) is 10.2 Å². The van der Waals surface area contributed by atoms with Crippen LogP contribution in [-0.4, -0.2) is 35.2 Å². The van der Waals surface area contributed by atoms with E-state index in [4.69, 9.17) is 5.11 Å². The molecule has 0 aromatic heterocycles. The number of carbonyl (C=O) groups excluding carboxylic acids is 1. The van der Waals surface area contributed by atoms with Crippen molar-refractivity contribution < 1.29 is 18.7 Å². The van der Waals surface area contributed by atoms with Crippen LogP contribution in [0.4, 0.5) is 13.6 Å². The van der Waals surface area contributed by atoms with Crippen LogP contribution in [0.1, 0.15) is 31.4 Å². The molecule has 1 unspecified atom stereocenters. The van der Waals surface area contributed by atoms with Gasteiger partial charge in [0.1, 0.15) is 0 Å². The Morgan fingerprint density at radius 2 is 2.15 bits per heavy atom. The normalized spacial score (nSPS) is 15.8. The second-order valence-electron chi connectivity index (χ2n) is 4.99. The van der Waals surface area contributed by atoms with Gasteiger partial charge in [-0.3, -0.25) is 0 Å². The molecule has 2 N–H and O–H groups in total. The molecule has 0 bridgehead atoms. The lowest BCUT2D eigenvalue weighted by Crippen LogP contribution is -2.43. The summed E-state index contributed by atoms with van der Waals surface area (Å²) in [6, 6.07) is 3.01. The van der Waals surface area contributed by atoms with Crippen molar-refractivity contribution in [3.63, 3.8) is 0 Å². The van der Waals surface area contributed by atoms with Crippen LogP contribution in [0, 0.1) is 11.6 Å². The van der Waals surface area contributed by atoms with Crippen LogP contribution >= 0.6 is 0 Å². The number of aliphatic hydroxyl groups excluding tert-OH is 1. The van der Waals surface area contributed by atoms with Crippen LogP contribution in [0.2, 0.25) is 0 Å². The summed E-state index contributed by atoms with van der Waals surface area (Å²) < 4.78 is 26.0. The topological polar surface area (TPSA) is 52.6 Å². The molecule has 1 aliphatic rings. The summed E-state index contributed by atoms with van der Waals surface area (Å²) in [6.07, 6.45) is 1.87. The molecule has 1 fully saturated rings. The number of nitrogens with one attached hydrogen (secondary N) is 1. The van der Waals surface area contributed by atoms with Crippen LogP contribution in [0.5, 0.6) is 0 Å². The van der Waals surface area contributed by atoms with E-state index in [0.29, 0.717) is 5.56 Å². The largest absolute Gasteiger partial charge is 0.395 e. The van der Waals surface area contributed by atoms with Crippen molar-refractivity contribution >= 4 is 6.03 Å². The standard InChI is InChI=1S/C14H18F2N2O2/c1-9(10-2-5-12(15)13(16)8-10)17-14(20)18(6-7-19)11-3-4-11/h2,5,8-9,11,19H,3-4,6-7H2,1H3,(H,17,20). The third-order valence-corrected chi connectivity index (χ3v) is 3.37. The molecule has 20 heavy (non-hydrogen) atoms. The molecule has 2 rings (SSSR count). The Labute approximate surface area is 116 Å². The van der Waals surface area contributed by atoms with Gasteiger partial charge >= 0.3 is 6.03 Å². The van der Waals surface area contributed by atoms with Crippen molar-refractivity contribution in [2.24, 2.45) is 0 Å². The maximum atomic E-state index is 13.2. The number of benzene rings is 1. The van der Waals surface area contributed by atoms with E-state index in [-0.39, 0.29) is 25.2 Å². The smallest absolute Gasteiger partial charge is 0.318 e. The van der Waals surface area contributed by atoms with Crippen molar-refractivity contribution in [1.29, 1.82) is 0 Å². The second kappa shape index (κ2) is 6.17. The number of carbonyl (C=O) groups is 1. The number of hydrogen-bond acceptors (Lipinski definition) is 2. The molecule has 1 aliphatic carbocycles. The van der Waals surface area contributed by atoms with E-state index in [1.54, 1.807) is 11.8 Å². The molecule has 0 aliphatic heterocycles. The average Bonchev–Trinajstić information content (AvgIpc) is 3.23. The van der Waals surface area contributed by atoms with Crippen LogP contribution < -0.4 is 5.32 Å². The Balaban J connectivity index is 2.00. The fourth-order valence-electron chi connectivity index (χ4n) is 2.08. The Kier molecular flexibility index (Phi) is 4.54. The van der Waals surface area contributed by atoms with Crippen molar-refractivity contribution in [2.45, 2.75) is 31.8 Å². The Morgan fingerprint density at radius 3 is 2.70 bits per heavy atom. The summed E-state index contributed by atoms with van der Waals surface area (Å²) in [6.45, 7) is 1.89. The highest BCUT2D eigenvalue weighted by atomic mass is 19.2. The van der Waals surface area contributed by atoms with E-state index in [1.807, 2.05) is 0 Å². The van der Waals surface area contributed by atoms with Gasteiger partial charge < -0.3 is 15.3 Å². The van der Waals surface area contributed by atoms with Gasteiger partial charge in [-0.25, -0.2) is 13.6 Å². The molecule has 2 amide bonds. The van der Waals surface area contributed by atoms with Crippen molar-refractivity contribution in [3.05, 3.63) is 35.4 Å². The number of aliphatic hydroxyl groups is 1. The first-order valence-electron chi connectivity index (χ1n) is 6.66. The van der Waals surface area contributed by atoms with Crippen LogP contribution in [0.25, 0.3) is 0 Å². The zero-order valence-electron chi connectivity index (χ0n) is 11.3. The minimum atomic E-state index is -0.932. The first-order valence-corrected chi connectivity index (χ1v) is 6.66. The lowest BCUT2D eigenvalue weighted by atomic mass is 10.1. The summed E-state index contributed by atoms with van der Waals surface area (Å²) in [5, 5.41) is 11.7. The predicted molar refractivity (Wildman–Crippen MR) is 70.1 cm³/mol. The fraction of sp³-hybridized carbons (Fsp3) is 0.500. The molecule has 1 aromatic carbocycles. The Hall–Kier alpha value is -1.69. The molecule has 1 saturated carbocycles. The molecule has 0 spiro atoms. The summed E-state index contributed by atoms with van der Waals surface area (Å²) in [5.74, 6) is -1.84. The van der Waals surface area contributed by atoms with E-state index < -0.39 is 17.7 Å². The van der Waals surface area contributed by atoms with E-state index in [0.717, 1.165) is 25.0 Å². The SMILES string of the molecule is CC(NC(=O)N(CCO)C1CC1)c1ccc(F)c(F)c1. The maximum absolute atomic E-state index is 13.2.